The highest BCUT2D eigenvalue weighted by Gasteiger charge is 2.19. The van der Waals surface area contributed by atoms with E-state index < -0.39 is 0 Å². The number of aldehydes is 1. The number of hydrogen-bond acceptors (Lipinski definition) is 2. The molecule has 1 unspecified atom stereocenters. The van der Waals surface area contributed by atoms with Crippen molar-refractivity contribution >= 4 is 6.29 Å². The van der Waals surface area contributed by atoms with Crippen LogP contribution in [0.25, 0.3) is 0 Å². The summed E-state index contributed by atoms with van der Waals surface area (Å²) in [7, 11) is 0. The molecule has 0 aliphatic heterocycles. The standard InChI is InChI=1S/C7H13NO/c8-7(5-9)4-6-2-1-3-6/h5-7H,1-4,8H2. The Morgan fingerprint density at radius 1 is 1.67 bits per heavy atom. The van der Waals surface area contributed by atoms with Gasteiger partial charge in [-0.3, -0.25) is 0 Å². The Kier molecular flexibility index (Phi) is 2.22. The van der Waals surface area contributed by atoms with Gasteiger partial charge in [0.2, 0.25) is 0 Å². The SMILES string of the molecule is NC(C=O)CC1CCC1. The first kappa shape index (κ1) is 6.75. The predicted molar refractivity (Wildman–Crippen MR) is 36.0 cm³/mol. The van der Waals surface area contributed by atoms with Crippen molar-refractivity contribution in [2.45, 2.75) is 31.7 Å². The van der Waals surface area contributed by atoms with Crippen LogP contribution in [-0.2, 0) is 4.79 Å². The van der Waals surface area contributed by atoms with Gasteiger partial charge in [-0.1, -0.05) is 19.3 Å². The second kappa shape index (κ2) is 2.97. The van der Waals surface area contributed by atoms with Gasteiger partial charge in [-0.2, -0.15) is 0 Å². The van der Waals surface area contributed by atoms with Crippen molar-refractivity contribution in [1.29, 1.82) is 0 Å². The first-order chi connectivity index (χ1) is 4.33. The summed E-state index contributed by atoms with van der Waals surface area (Å²) in [4.78, 5) is 10.1. The van der Waals surface area contributed by atoms with Gasteiger partial charge in [0.1, 0.15) is 6.29 Å². The second-order valence-electron chi connectivity index (χ2n) is 2.83. The Morgan fingerprint density at radius 3 is 2.67 bits per heavy atom. The molecule has 2 nitrogen and oxygen atoms in total. The summed E-state index contributed by atoms with van der Waals surface area (Å²) in [6.45, 7) is 0. The van der Waals surface area contributed by atoms with E-state index in [9.17, 15) is 4.79 Å². The van der Waals surface area contributed by atoms with Gasteiger partial charge in [-0.05, 0) is 12.3 Å². The minimum atomic E-state index is -0.199. The smallest absolute Gasteiger partial charge is 0.136 e. The molecule has 2 N–H and O–H groups in total. The number of hydrogen-bond donors (Lipinski definition) is 1. The number of nitrogens with two attached hydrogens (primary N) is 1. The molecular weight excluding hydrogens is 114 g/mol. The summed E-state index contributed by atoms with van der Waals surface area (Å²) in [5.41, 5.74) is 5.42. The maximum absolute atomic E-state index is 10.1. The van der Waals surface area contributed by atoms with Gasteiger partial charge in [-0.15, -0.1) is 0 Å². The molecule has 1 atom stereocenters. The summed E-state index contributed by atoms with van der Waals surface area (Å²) in [5, 5.41) is 0. The number of carbonyl (C=O) groups excluding carboxylic acids is 1. The Balaban J connectivity index is 2.08. The predicted octanol–water partition coefficient (Wildman–Crippen LogP) is 0.703. The highest BCUT2D eigenvalue weighted by Crippen LogP contribution is 2.29. The van der Waals surface area contributed by atoms with E-state index in [1.165, 1.54) is 19.3 Å². The van der Waals surface area contributed by atoms with Crippen LogP contribution in [0.1, 0.15) is 25.7 Å². The lowest BCUT2D eigenvalue weighted by atomic mass is 9.81. The van der Waals surface area contributed by atoms with E-state index >= 15 is 0 Å². The van der Waals surface area contributed by atoms with E-state index in [-0.39, 0.29) is 6.04 Å². The topological polar surface area (TPSA) is 43.1 Å². The van der Waals surface area contributed by atoms with Gasteiger partial charge >= 0.3 is 0 Å². The normalized spacial score (nSPS) is 22.8. The lowest BCUT2D eigenvalue weighted by Gasteiger charge is -2.26. The molecule has 9 heavy (non-hydrogen) atoms. The molecule has 0 spiro atoms. The lowest BCUT2D eigenvalue weighted by Crippen LogP contribution is -2.27. The van der Waals surface area contributed by atoms with Gasteiger partial charge < -0.3 is 10.5 Å². The fraction of sp³-hybridized carbons (Fsp3) is 0.857. The summed E-state index contributed by atoms with van der Waals surface area (Å²) in [5.74, 6) is 0.755. The number of rotatable bonds is 3. The van der Waals surface area contributed by atoms with Crippen LogP contribution >= 0.6 is 0 Å². The molecule has 1 aliphatic rings. The monoisotopic (exact) mass is 127 g/mol. The van der Waals surface area contributed by atoms with Crippen LogP contribution in [0, 0.1) is 5.92 Å². The maximum atomic E-state index is 10.1. The van der Waals surface area contributed by atoms with Crippen molar-refractivity contribution < 1.29 is 4.79 Å². The highest BCUT2D eigenvalue weighted by molar-refractivity contribution is 5.56. The third-order valence-corrected chi connectivity index (χ3v) is 2.01. The van der Waals surface area contributed by atoms with Crippen LogP contribution in [-0.4, -0.2) is 12.3 Å². The quantitative estimate of drug-likeness (QED) is 0.567. The van der Waals surface area contributed by atoms with Crippen LogP contribution < -0.4 is 5.73 Å². The molecule has 1 saturated carbocycles. The van der Waals surface area contributed by atoms with Gasteiger partial charge in [0, 0.05) is 0 Å². The van der Waals surface area contributed by atoms with E-state index in [0.29, 0.717) is 0 Å². The van der Waals surface area contributed by atoms with Crippen LogP contribution in [0.5, 0.6) is 0 Å². The molecule has 0 aromatic heterocycles. The van der Waals surface area contributed by atoms with Gasteiger partial charge in [0.25, 0.3) is 0 Å². The average Bonchev–Trinajstić information content (AvgIpc) is 1.78. The molecule has 0 radical (unpaired) electrons. The van der Waals surface area contributed by atoms with Crippen molar-refractivity contribution in [1.82, 2.24) is 0 Å². The molecule has 0 heterocycles. The molecule has 1 fully saturated rings. The molecule has 1 aliphatic carbocycles. The van der Waals surface area contributed by atoms with Crippen LogP contribution in [0.2, 0.25) is 0 Å². The minimum absolute atomic E-state index is 0.199. The fourth-order valence-corrected chi connectivity index (χ4v) is 1.17. The third kappa shape index (κ3) is 1.79. The van der Waals surface area contributed by atoms with E-state index in [2.05, 4.69) is 0 Å². The van der Waals surface area contributed by atoms with E-state index in [4.69, 9.17) is 5.73 Å². The Labute approximate surface area is 55.4 Å². The molecule has 0 amide bonds. The van der Waals surface area contributed by atoms with Crippen molar-refractivity contribution in [3.8, 4) is 0 Å². The first-order valence-electron chi connectivity index (χ1n) is 3.54. The minimum Gasteiger partial charge on any atom is -0.322 e. The summed E-state index contributed by atoms with van der Waals surface area (Å²) < 4.78 is 0. The van der Waals surface area contributed by atoms with E-state index in [1.54, 1.807) is 0 Å². The number of carbonyl (C=O) groups is 1. The van der Waals surface area contributed by atoms with Crippen molar-refractivity contribution in [2.75, 3.05) is 0 Å². The molecule has 2 heteroatoms. The largest absolute Gasteiger partial charge is 0.322 e. The zero-order valence-corrected chi connectivity index (χ0v) is 5.55. The van der Waals surface area contributed by atoms with E-state index in [1.807, 2.05) is 0 Å². The fourth-order valence-electron chi connectivity index (χ4n) is 1.17. The Bertz CT molecular complexity index is 99.1. The molecule has 0 aromatic rings. The molecule has 0 saturated heterocycles. The van der Waals surface area contributed by atoms with Gasteiger partial charge in [0.15, 0.2) is 0 Å². The van der Waals surface area contributed by atoms with Crippen molar-refractivity contribution in [2.24, 2.45) is 11.7 Å². The first-order valence-corrected chi connectivity index (χ1v) is 3.54. The average molecular weight is 127 g/mol. The third-order valence-electron chi connectivity index (χ3n) is 2.01. The maximum Gasteiger partial charge on any atom is 0.136 e. The van der Waals surface area contributed by atoms with Crippen LogP contribution in [0.3, 0.4) is 0 Å². The molecular formula is C7H13NO. The van der Waals surface area contributed by atoms with Crippen molar-refractivity contribution in [3.05, 3.63) is 0 Å². The van der Waals surface area contributed by atoms with Crippen LogP contribution in [0.4, 0.5) is 0 Å². The van der Waals surface area contributed by atoms with Crippen LogP contribution in [0.15, 0.2) is 0 Å². The van der Waals surface area contributed by atoms with Gasteiger partial charge in [0.05, 0.1) is 6.04 Å². The summed E-state index contributed by atoms with van der Waals surface area (Å²) >= 11 is 0. The molecule has 1 rings (SSSR count). The Morgan fingerprint density at radius 2 is 2.33 bits per heavy atom. The summed E-state index contributed by atoms with van der Waals surface area (Å²) in [6.07, 6.45) is 5.64. The van der Waals surface area contributed by atoms with Crippen molar-refractivity contribution in [3.63, 3.8) is 0 Å². The zero-order chi connectivity index (χ0) is 6.69. The molecule has 0 aromatic carbocycles. The second-order valence-corrected chi connectivity index (χ2v) is 2.83. The highest BCUT2D eigenvalue weighted by atomic mass is 16.1. The summed E-state index contributed by atoms with van der Waals surface area (Å²) in [6, 6.07) is -0.199. The molecule has 0 bridgehead atoms. The molecule has 52 valence electrons. The van der Waals surface area contributed by atoms with Gasteiger partial charge in [-0.25, -0.2) is 0 Å². The Hall–Kier alpha value is -0.370. The zero-order valence-electron chi connectivity index (χ0n) is 5.55. The lowest BCUT2D eigenvalue weighted by molar-refractivity contribution is -0.109. The van der Waals surface area contributed by atoms with E-state index in [0.717, 1.165) is 18.6 Å².